The number of benzene rings is 3. The first-order valence-corrected chi connectivity index (χ1v) is 12.8. The van der Waals surface area contributed by atoms with Crippen molar-refractivity contribution in [1.29, 1.82) is 0 Å². The molecule has 1 aliphatic rings. The van der Waals surface area contributed by atoms with E-state index in [4.69, 9.17) is 18.6 Å². The second-order valence-corrected chi connectivity index (χ2v) is 9.31. The van der Waals surface area contributed by atoms with Crippen LogP contribution in [0, 0.1) is 0 Å². The normalized spacial score (nSPS) is 15.6. The van der Waals surface area contributed by atoms with Crippen LogP contribution in [-0.2, 0) is 11.2 Å². The lowest BCUT2D eigenvalue weighted by Gasteiger charge is -2.39. The Morgan fingerprint density at radius 1 is 0.974 bits per heavy atom. The molecular weight excluding hydrogens is 482 g/mol. The largest absolute Gasteiger partial charge is 0.493 e. The van der Waals surface area contributed by atoms with Gasteiger partial charge in [-0.25, -0.2) is 4.79 Å². The lowest BCUT2D eigenvalue weighted by Crippen LogP contribution is -2.44. The lowest BCUT2D eigenvalue weighted by molar-refractivity contribution is -0.136. The number of nitrogens with zero attached hydrogens (tertiary/aromatic N) is 1. The van der Waals surface area contributed by atoms with Gasteiger partial charge < -0.3 is 23.5 Å². The van der Waals surface area contributed by atoms with E-state index in [0.717, 1.165) is 16.7 Å². The van der Waals surface area contributed by atoms with Crippen molar-refractivity contribution in [3.63, 3.8) is 0 Å². The summed E-state index contributed by atoms with van der Waals surface area (Å²) >= 11 is 0. The smallest absolute Gasteiger partial charge is 0.339 e. The zero-order chi connectivity index (χ0) is 26.6. The molecule has 0 fully saturated rings. The first kappa shape index (κ1) is 25.4. The number of carbonyl (C=O) groups is 1. The molecule has 7 nitrogen and oxygen atoms in total. The number of ether oxygens (including phenoxy) is 3. The number of fused-ring (bicyclic) bond motifs is 2. The van der Waals surface area contributed by atoms with E-state index in [1.165, 1.54) is 6.07 Å². The summed E-state index contributed by atoms with van der Waals surface area (Å²) in [7, 11) is 3.21. The van der Waals surface area contributed by atoms with E-state index >= 15 is 0 Å². The fourth-order valence-corrected chi connectivity index (χ4v) is 5.28. The molecule has 0 saturated heterocycles. The summed E-state index contributed by atoms with van der Waals surface area (Å²) < 4.78 is 22.8. The maximum absolute atomic E-state index is 14.1. The van der Waals surface area contributed by atoms with Crippen molar-refractivity contribution in [2.75, 3.05) is 27.4 Å². The lowest BCUT2D eigenvalue weighted by atomic mass is 9.89. The quantitative estimate of drug-likeness (QED) is 0.289. The molecule has 4 aromatic rings. The van der Waals surface area contributed by atoms with Crippen molar-refractivity contribution in [2.24, 2.45) is 0 Å². The number of hydrogen-bond acceptors (Lipinski definition) is 6. The first-order chi connectivity index (χ1) is 18.5. The van der Waals surface area contributed by atoms with Gasteiger partial charge in [-0.05, 0) is 53.8 Å². The topological polar surface area (TPSA) is 78.2 Å². The standard InChI is InChI=1S/C31H31NO6/c1-4-22(20-10-6-5-7-11-20)31(34)32-15-14-21-16-28(35-2)29(36-3)17-24(21)25(32)19-37-27-18-30(33)38-26-13-9-8-12-23(26)27/h5-13,16-18,22,25H,4,14-15,19H2,1-3H3. The summed E-state index contributed by atoms with van der Waals surface area (Å²) in [6, 6.07) is 22.0. The van der Waals surface area contributed by atoms with Crippen LogP contribution in [0.1, 0.15) is 42.0 Å². The Morgan fingerprint density at radius 3 is 2.42 bits per heavy atom. The van der Waals surface area contributed by atoms with Gasteiger partial charge in [-0.15, -0.1) is 0 Å². The third-order valence-corrected chi connectivity index (χ3v) is 7.20. The van der Waals surface area contributed by atoms with Crippen LogP contribution in [0.2, 0.25) is 0 Å². The average Bonchev–Trinajstić information content (AvgIpc) is 2.95. The Balaban J connectivity index is 1.55. The van der Waals surface area contributed by atoms with Crippen molar-refractivity contribution >= 4 is 16.9 Å². The zero-order valence-corrected chi connectivity index (χ0v) is 21.8. The monoisotopic (exact) mass is 513 g/mol. The molecule has 1 amide bonds. The average molecular weight is 514 g/mol. The minimum atomic E-state index is -0.489. The molecule has 3 aromatic carbocycles. The van der Waals surface area contributed by atoms with Gasteiger partial charge in [0.1, 0.15) is 17.9 Å². The number of methoxy groups -OCH3 is 2. The summed E-state index contributed by atoms with van der Waals surface area (Å²) in [5.41, 5.74) is 2.97. The Hall–Kier alpha value is -4.26. The van der Waals surface area contributed by atoms with Gasteiger partial charge in [-0.3, -0.25) is 4.79 Å². The fourth-order valence-electron chi connectivity index (χ4n) is 5.28. The molecule has 2 unspecified atom stereocenters. The fraction of sp³-hybridized carbons (Fsp3) is 0.290. The van der Waals surface area contributed by atoms with Crippen LogP contribution < -0.4 is 19.8 Å². The molecular formula is C31H31NO6. The summed E-state index contributed by atoms with van der Waals surface area (Å²) in [6.07, 6.45) is 1.36. The molecule has 0 N–H and O–H groups in total. The van der Waals surface area contributed by atoms with Gasteiger partial charge >= 0.3 is 5.63 Å². The van der Waals surface area contributed by atoms with Crippen LogP contribution in [-0.4, -0.2) is 38.2 Å². The van der Waals surface area contributed by atoms with E-state index < -0.39 is 11.7 Å². The number of para-hydroxylation sites is 1. The van der Waals surface area contributed by atoms with Crippen LogP contribution >= 0.6 is 0 Å². The molecule has 1 aliphatic heterocycles. The van der Waals surface area contributed by atoms with E-state index in [1.54, 1.807) is 26.4 Å². The Bertz CT molecular complexity index is 1500. The van der Waals surface area contributed by atoms with Crippen LogP contribution in [0.15, 0.2) is 82.0 Å². The highest BCUT2D eigenvalue weighted by Gasteiger charge is 2.36. The zero-order valence-electron chi connectivity index (χ0n) is 21.8. The highest BCUT2D eigenvalue weighted by Crippen LogP contribution is 2.40. The number of amides is 1. The molecule has 1 aromatic heterocycles. The van der Waals surface area contributed by atoms with E-state index in [2.05, 4.69) is 0 Å². The number of rotatable bonds is 8. The molecule has 0 radical (unpaired) electrons. The molecule has 38 heavy (non-hydrogen) atoms. The third-order valence-electron chi connectivity index (χ3n) is 7.20. The molecule has 2 heterocycles. The van der Waals surface area contributed by atoms with Gasteiger partial charge in [-0.2, -0.15) is 0 Å². The SMILES string of the molecule is CCC(C(=O)N1CCc2cc(OC)c(OC)cc2C1COc1cc(=O)oc2ccccc12)c1ccccc1. The summed E-state index contributed by atoms with van der Waals surface area (Å²) in [5, 5.41) is 0.698. The predicted molar refractivity (Wildman–Crippen MR) is 145 cm³/mol. The second-order valence-electron chi connectivity index (χ2n) is 9.31. The van der Waals surface area contributed by atoms with Gasteiger partial charge in [0.15, 0.2) is 11.5 Å². The van der Waals surface area contributed by atoms with Crippen LogP contribution in [0.5, 0.6) is 17.2 Å². The van der Waals surface area contributed by atoms with Crippen molar-refractivity contribution in [3.05, 3.63) is 99.9 Å². The highest BCUT2D eigenvalue weighted by molar-refractivity contribution is 5.85. The van der Waals surface area contributed by atoms with Crippen molar-refractivity contribution in [3.8, 4) is 17.2 Å². The summed E-state index contributed by atoms with van der Waals surface area (Å²) in [6.45, 7) is 2.73. The van der Waals surface area contributed by atoms with E-state index in [-0.39, 0.29) is 18.4 Å². The molecule has 2 atom stereocenters. The van der Waals surface area contributed by atoms with E-state index in [9.17, 15) is 9.59 Å². The maximum Gasteiger partial charge on any atom is 0.339 e. The van der Waals surface area contributed by atoms with Gasteiger partial charge in [0.05, 0.1) is 37.6 Å². The van der Waals surface area contributed by atoms with E-state index in [0.29, 0.717) is 47.6 Å². The molecule has 0 spiro atoms. The molecule has 0 saturated carbocycles. The van der Waals surface area contributed by atoms with Gasteiger partial charge in [-0.1, -0.05) is 49.4 Å². The first-order valence-electron chi connectivity index (χ1n) is 12.8. The van der Waals surface area contributed by atoms with Crippen molar-refractivity contribution < 1.29 is 23.4 Å². The summed E-state index contributed by atoms with van der Waals surface area (Å²) in [4.78, 5) is 28.2. The Morgan fingerprint density at radius 2 is 1.68 bits per heavy atom. The second kappa shape index (κ2) is 11.0. The molecule has 5 rings (SSSR count). The number of hydrogen-bond donors (Lipinski definition) is 0. The number of carbonyl (C=O) groups excluding carboxylic acids is 1. The van der Waals surface area contributed by atoms with Gasteiger partial charge in [0, 0.05) is 6.54 Å². The molecule has 196 valence electrons. The van der Waals surface area contributed by atoms with Gasteiger partial charge in [0.25, 0.3) is 0 Å². The molecule has 0 bridgehead atoms. The maximum atomic E-state index is 14.1. The van der Waals surface area contributed by atoms with Crippen molar-refractivity contribution in [2.45, 2.75) is 31.7 Å². The van der Waals surface area contributed by atoms with Crippen molar-refractivity contribution in [1.82, 2.24) is 4.90 Å². The van der Waals surface area contributed by atoms with Crippen LogP contribution in [0.3, 0.4) is 0 Å². The minimum Gasteiger partial charge on any atom is -0.493 e. The van der Waals surface area contributed by atoms with Crippen LogP contribution in [0.4, 0.5) is 0 Å². The Labute approximate surface area is 221 Å². The van der Waals surface area contributed by atoms with Gasteiger partial charge in [0.2, 0.25) is 5.91 Å². The van der Waals surface area contributed by atoms with Crippen LogP contribution in [0.25, 0.3) is 11.0 Å². The summed E-state index contributed by atoms with van der Waals surface area (Å²) in [5.74, 6) is 1.43. The Kier molecular flexibility index (Phi) is 7.36. The third kappa shape index (κ3) is 4.84. The highest BCUT2D eigenvalue weighted by atomic mass is 16.5. The molecule has 7 heteroatoms. The molecule has 0 aliphatic carbocycles. The van der Waals surface area contributed by atoms with E-state index in [1.807, 2.05) is 66.4 Å². The minimum absolute atomic E-state index is 0.0465. The predicted octanol–water partition coefficient (Wildman–Crippen LogP) is 5.51.